The highest BCUT2D eigenvalue weighted by molar-refractivity contribution is 5.30. The second kappa shape index (κ2) is 3.54. The van der Waals surface area contributed by atoms with E-state index in [4.69, 9.17) is 0 Å². The van der Waals surface area contributed by atoms with Crippen LogP contribution >= 0.6 is 0 Å². The van der Waals surface area contributed by atoms with Crippen LogP contribution in [0.2, 0.25) is 0 Å². The Morgan fingerprint density at radius 2 is 1.38 bits per heavy atom. The molecule has 3 rings (SSSR count). The number of hydrogen-bond acceptors (Lipinski definition) is 0. The zero-order chi connectivity index (χ0) is 11.2. The summed E-state index contributed by atoms with van der Waals surface area (Å²) in [6, 6.07) is 8.37. The molecule has 0 N–H and O–H groups in total. The zero-order valence-electron chi connectivity index (χ0n) is 9.26. The first-order chi connectivity index (χ1) is 7.64. The van der Waals surface area contributed by atoms with Gasteiger partial charge in [0.2, 0.25) is 5.92 Å². The number of rotatable bonds is 2. The first-order valence-corrected chi connectivity index (χ1v) is 6.12. The largest absolute Gasteiger partial charge is 0.249 e. The van der Waals surface area contributed by atoms with E-state index in [1.54, 1.807) is 0 Å². The summed E-state index contributed by atoms with van der Waals surface area (Å²) in [6.45, 7) is 0. The first kappa shape index (κ1) is 10.2. The molecular formula is C14H16F2. The third kappa shape index (κ3) is 1.74. The maximum absolute atomic E-state index is 12.7. The van der Waals surface area contributed by atoms with E-state index < -0.39 is 5.92 Å². The second-order valence-corrected chi connectivity index (χ2v) is 5.26. The number of alkyl halides is 2. The summed E-state index contributed by atoms with van der Waals surface area (Å²) in [7, 11) is 0. The molecule has 0 aliphatic heterocycles. The van der Waals surface area contributed by atoms with E-state index in [0.717, 1.165) is 11.5 Å². The molecule has 0 unspecified atom stereocenters. The van der Waals surface area contributed by atoms with Crippen LogP contribution in [0.15, 0.2) is 24.3 Å². The minimum absolute atomic E-state index is 0.0375. The third-order valence-electron chi connectivity index (χ3n) is 4.07. The quantitative estimate of drug-likeness (QED) is 0.692. The van der Waals surface area contributed by atoms with Gasteiger partial charge in [-0.05, 0) is 35.8 Å². The monoisotopic (exact) mass is 222 g/mol. The molecule has 0 aromatic heterocycles. The average Bonchev–Trinajstić information content (AvgIpc) is 2.12. The summed E-state index contributed by atoms with van der Waals surface area (Å²) in [5.74, 6) is -1.58. The van der Waals surface area contributed by atoms with Crippen molar-refractivity contribution in [2.24, 2.45) is 0 Å². The molecule has 0 radical (unpaired) electrons. The van der Waals surface area contributed by atoms with Gasteiger partial charge in [-0.25, -0.2) is 8.78 Å². The molecule has 0 bridgehead atoms. The lowest BCUT2D eigenvalue weighted by molar-refractivity contribution is -0.0867. The maximum Gasteiger partial charge on any atom is 0.249 e. The van der Waals surface area contributed by atoms with Crippen LogP contribution in [0.5, 0.6) is 0 Å². The predicted molar refractivity (Wildman–Crippen MR) is 60.0 cm³/mol. The van der Waals surface area contributed by atoms with E-state index in [0.29, 0.717) is 0 Å². The first-order valence-electron chi connectivity index (χ1n) is 6.12. The Morgan fingerprint density at radius 3 is 1.75 bits per heavy atom. The highest BCUT2D eigenvalue weighted by Crippen LogP contribution is 2.48. The predicted octanol–water partition coefficient (Wildman–Crippen LogP) is 4.47. The molecule has 0 atom stereocenters. The maximum atomic E-state index is 12.7. The Hall–Kier alpha value is -0.920. The van der Waals surface area contributed by atoms with Crippen LogP contribution in [0.1, 0.15) is 55.1 Å². The van der Waals surface area contributed by atoms with Crippen molar-refractivity contribution in [3.05, 3.63) is 35.4 Å². The molecule has 1 aromatic carbocycles. The van der Waals surface area contributed by atoms with Crippen molar-refractivity contribution in [1.29, 1.82) is 0 Å². The Balaban J connectivity index is 1.68. The van der Waals surface area contributed by atoms with Gasteiger partial charge in [-0.2, -0.15) is 0 Å². The normalized spacial score (nSPS) is 24.9. The minimum Gasteiger partial charge on any atom is -0.207 e. The standard InChI is InChI=1S/C14H16F2/c15-14(16)8-13(9-14)12-6-4-11(5-7-12)10-2-1-3-10/h4-7,10,13H,1-3,8-9H2. The Labute approximate surface area is 94.7 Å². The third-order valence-corrected chi connectivity index (χ3v) is 4.07. The molecule has 0 spiro atoms. The van der Waals surface area contributed by atoms with Crippen molar-refractivity contribution in [2.75, 3.05) is 0 Å². The smallest absolute Gasteiger partial charge is 0.207 e. The molecule has 1 aromatic rings. The molecule has 2 saturated carbocycles. The average molecular weight is 222 g/mol. The Kier molecular flexibility index (Phi) is 2.27. The second-order valence-electron chi connectivity index (χ2n) is 5.26. The lowest BCUT2D eigenvalue weighted by atomic mass is 9.75. The van der Waals surface area contributed by atoms with Crippen LogP contribution in [-0.2, 0) is 0 Å². The molecule has 0 saturated heterocycles. The van der Waals surface area contributed by atoms with Gasteiger partial charge >= 0.3 is 0 Å². The fourth-order valence-electron chi connectivity index (χ4n) is 2.68. The summed E-state index contributed by atoms with van der Waals surface area (Å²) in [5, 5.41) is 0. The summed E-state index contributed by atoms with van der Waals surface area (Å²) in [6.07, 6.45) is 3.99. The topological polar surface area (TPSA) is 0 Å². The van der Waals surface area contributed by atoms with Crippen LogP contribution in [0, 0.1) is 0 Å². The minimum atomic E-state index is -2.41. The van der Waals surface area contributed by atoms with Gasteiger partial charge in [-0.15, -0.1) is 0 Å². The summed E-state index contributed by atoms with van der Waals surface area (Å²) < 4.78 is 25.5. The SMILES string of the molecule is FC1(F)CC(c2ccc(C3CCC3)cc2)C1. The van der Waals surface area contributed by atoms with Crippen molar-refractivity contribution in [3.8, 4) is 0 Å². The van der Waals surface area contributed by atoms with Gasteiger partial charge in [0.25, 0.3) is 0 Å². The van der Waals surface area contributed by atoms with E-state index in [-0.39, 0.29) is 18.8 Å². The van der Waals surface area contributed by atoms with E-state index in [1.807, 2.05) is 12.1 Å². The van der Waals surface area contributed by atoms with Crippen LogP contribution in [0.25, 0.3) is 0 Å². The molecule has 2 aliphatic rings. The van der Waals surface area contributed by atoms with Gasteiger partial charge < -0.3 is 0 Å². The van der Waals surface area contributed by atoms with Gasteiger partial charge in [0.05, 0.1) is 0 Å². The fraction of sp³-hybridized carbons (Fsp3) is 0.571. The molecule has 16 heavy (non-hydrogen) atoms. The van der Waals surface area contributed by atoms with Gasteiger partial charge in [0.1, 0.15) is 0 Å². The van der Waals surface area contributed by atoms with E-state index in [2.05, 4.69) is 12.1 Å². The highest BCUT2D eigenvalue weighted by atomic mass is 19.3. The van der Waals surface area contributed by atoms with Crippen molar-refractivity contribution < 1.29 is 8.78 Å². The summed E-state index contributed by atoms with van der Waals surface area (Å²) in [5.41, 5.74) is 2.48. The highest BCUT2D eigenvalue weighted by Gasteiger charge is 2.45. The molecule has 2 fully saturated rings. The Morgan fingerprint density at radius 1 is 0.875 bits per heavy atom. The Bertz CT molecular complexity index is 368. The van der Waals surface area contributed by atoms with E-state index in [1.165, 1.54) is 24.8 Å². The van der Waals surface area contributed by atoms with Gasteiger partial charge in [-0.3, -0.25) is 0 Å². The van der Waals surface area contributed by atoms with Gasteiger partial charge in [0, 0.05) is 12.8 Å². The lowest BCUT2D eigenvalue weighted by Crippen LogP contribution is -2.33. The number of benzene rings is 1. The molecule has 2 aliphatic carbocycles. The molecule has 0 amide bonds. The molecule has 2 heteroatoms. The van der Waals surface area contributed by atoms with Gasteiger partial charge in [0.15, 0.2) is 0 Å². The summed E-state index contributed by atoms with van der Waals surface area (Å²) in [4.78, 5) is 0. The van der Waals surface area contributed by atoms with Crippen molar-refractivity contribution in [1.82, 2.24) is 0 Å². The molecule has 0 heterocycles. The fourth-order valence-corrected chi connectivity index (χ4v) is 2.68. The molecular weight excluding hydrogens is 206 g/mol. The van der Waals surface area contributed by atoms with Crippen LogP contribution in [-0.4, -0.2) is 5.92 Å². The van der Waals surface area contributed by atoms with Crippen LogP contribution in [0.3, 0.4) is 0 Å². The van der Waals surface area contributed by atoms with E-state index in [9.17, 15) is 8.78 Å². The summed E-state index contributed by atoms with van der Waals surface area (Å²) >= 11 is 0. The zero-order valence-corrected chi connectivity index (χ0v) is 9.26. The lowest BCUT2D eigenvalue weighted by Gasteiger charge is -2.35. The molecule has 0 nitrogen and oxygen atoms in total. The van der Waals surface area contributed by atoms with Crippen LogP contribution in [0.4, 0.5) is 8.78 Å². The van der Waals surface area contributed by atoms with Crippen LogP contribution < -0.4 is 0 Å². The van der Waals surface area contributed by atoms with Crippen molar-refractivity contribution >= 4 is 0 Å². The van der Waals surface area contributed by atoms with Crippen molar-refractivity contribution in [3.63, 3.8) is 0 Å². The molecule has 86 valence electrons. The van der Waals surface area contributed by atoms with E-state index >= 15 is 0 Å². The number of halogens is 2. The van der Waals surface area contributed by atoms with Crippen molar-refractivity contribution in [2.45, 2.75) is 49.9 Å². The van der Waals surface area contributed by atoms with Gasteiger partial charge in [-0.1, -0.05) is 30.7 Å². The number of hydrogen-bond donors (Lipinski definition) is 0.